The first-order chi connectivity index (χ1) is 6.20. The Balaban J connectivity index is 1.97. The van der Waals surface area contributed by atoms with Gasteiger partial charge in [0.15, 0.2) is 0 Å². The van der Waals surface area contributed by atoms with Gasteiger partial charge < -0.3 is 5.32 Å². The van der Waals surface area contributed by atoms with Crippen molar-refractivity contribution in [1.82, 2.24) is 4.98 Å². The summed E-state index contributed by atoms with van der Waals surface area (Å²) in [6.45, 7) is 0.398. The summed E-state index contributed by atoms with van der Waals surface area (Å²) in [7, 11) is 0. The van der Waals surface area contributed by atoms with E-state index >= 15 is 0 Å². The summed E-state index contributed by atoms with van der Waals surface area (Å²) in [5, 5.41) is 3.05. The molecule has 0 spiro atoms. The highest BCUT2D eigenvalue weighted by atomic mass is 79.9. The maximum Gasteiger partial charge on any atom is 0.128 e. The molecule has 0 bridgehead atoms. The molecule has 0 atom stereocenters. The molecule has 2 nitrogen and oxygen atoms in total. The smallest absolute Gasteiger partial charge is 0.128 e. The average Bonchev–Trinajstić information content (AvgIpc) is 2.83. The minimum Gasteiger partial charge on any atom is -0.381 e. The number of aromatic nitrogens is 1. The molecule has 1 aliphatic rings. The minimum absolute atomic E-state index is 0.398. The van der Waals surface area contributed by atoms with Crippen LogP contribution in [-0.4, -0.2) is 17.2 Å². The lowest BCUT2D eigenvalue weighted by Crippen LogP contribution is -2.16. The van der Waals surface area contributed by atoms with E-state index in [0.717, 1.165) is 10.2 Å². The van der Waals surface area contributed by atoms with Gasteiger partial charge in [-0.3, -0.25) is 4.98 Å². The molecule has 70 valence electrons. The van der Waals surface area contributed by atoms with Gasteiger partial charge in [0, 0.05) is 18.9 Å². The van der Waals surface area contributed by atoms with Crippen molar-refractivity contribution in [2.24, 2.45) is 0 Å². The van der Waals surface area contributed by atoms with Crippen LogP contribution < -0.4 is 5.32 Å². The molecule has 1 aromatic rings. The van der Waals surface area contributed by atoms with Gasteiger partial charge in [0.25, 0.3) is 0 Å². The van der Waals surface area contributed by atoms with Crippen LogP contribution in [0.5, 0.6) is 0 Å². The maximum absolute atomic E-state index is 13.2. The molecule has 1 fully saturated rings. The summed E-state index contributed by atoms with van der Waals surface area (Å²) < 4.78 is 14.1. The summed E-state index contributed by atoms with van der Waals surface area (Å²) in [6, 6.07) is 1.83. The summed E-state index contributed by atoms with van der Waals surface area (Å²) in [6.07, 6.45) is 4.75. The first-order valence-corrected chi connectivity index (χ1v) is 5.01. The van der Waals surface area contributed by atoms with Gasteiger partial charge >= 0.3 is 0 Å². The molecule has 1 aliphatic carbocycles. The molecular weight excluding hydrogens is 235 g/mol. The van der Waals surface area contributed by atoms with Crippen molar-refractivity contribution >= 4 is 21.6 Å². The van der Waals surface area contributed by atoms with Gasteiger partial charge in [-0.1, -0.05) is 0 Å². The van der Waals surface area contributed by atoms with Gasteiger partial charge in [-0.05, 0) is 34.8 Å². The third kappa shape index (κ3) is 2.18. The first kappa shape index (κ1) is 8.94. The van der Waals surface area contributed by atoms with Gasteiger partial charge in [-0.15, -0.1) is 0 Å². The van der Waals surface area contributed by atoms with Crippen LogP contribution in [0.15, 0.2) is 22.9 Å². The van der Waals surface area contributed by atoms with Gasteiger partial charge in [0.1, 0.15) is 5.67 Å². The van der Waals surface area contributed by atoms with Crippen molar-refractivity contribution < 1.29 is 4.39 Å². The summed E-state index contributed by atoms with van der Waals surface area (Å²) >= 11 is 3.34. The van der Waals surface area contributed by atoms with Crippen molar-refractivity contribution in [2.45, 2.75) is 18.5 Å². The second-order valence-electron chi connectivity index (χ2n) is 3.36. The molecule has 0 radical (unpaired) electrons. The SMILES string of the molecule is FC1(CNc2ccncc2Br)CC1. The minimum atomic E-state index is -0.956. The van der Waals surface area contributed by atoms with E-state index in [9.17, 15) is 4.39 Å². The van der Waals surface area contributed by atoms with Crippen molar-refractivity contribution in [3.05, 3.63) is 22.9 Å². The number of nitrogens with one attached hydrogen (secondary N) is 1. The van der Waals surface area contributed by atoms with E-state index in [1.54, 1.807) is 12.4 Å². The lowest BCUT2D eigenvalue weighted by atomic mass is 10.3. The molecule has 0 aliphatic heterocycles. The van der Waals surface area contributed by atoms with Crippen LogP contribution >= 0.6 is 15.9 Å². The molecule has 13 heavy (non-hydrogen) atoms. The van der Waals surface area contributed by atoms with Crippen LogP contribution in [0.4, 0.5) is 10.1 Å². The fraction of sp³-hybridized carbons (Fsp3) is 0.444. The zero-order valence-corrected chi connectivity index (χ0v) is 8.64. The average molecular weight is 245 g/mol. The molecule has 2 rings (SSSR count). The molecule has 0 saturated heterocycles. The molecule has 1 heterocycles. The quantitative estimate of drug-likeness (QED) is 0.885. The van der Waals surface area contributed by atoms with Crippen molar-refractivity contribution in [1.29, 1.82) is 0 Å². The largest absolute Gasteiger partial charge is 0.381 e. The number of halogens is 2. The van der Waals surface area contributed by atoms with Gasteiger partial charge in [-0.2, -0.15) is 0 Å². The number of pyridine rings is 1. The maximum atomic E-state index is 13.2. The van der Waals surface area contributed by atoms with Crippen molar-refractivity contribution in [3.63, 3.8) is 0 Å². The van der Waals surface area contributed by atoms with E-state index in [4.69, 9.17) is 0 Å². The molecule has 0 unspecified atom stereocenters. The molecule has 1 saturated carbocycles. The molecule has 1 aromatic heterocycles. The number of rotatable bonds is 3. The Hall–Kier alpha value is -0.640. The molecule has 1 N–H and O–H groups in total. The highest BCUT2D eigenvalue weighted by Gasteiger charge is 2.42. The topological polar surface area (TPSA) is 24.9 Å². The number of hydrogen-bond donors (Lipinski definition) is 1. The summed E-state index contributed by atoms with van der Waals surface area (Å²) in [5.41, 5.74) is -0.0539. The Morgan fingerprint density at radius 3 is 3.00 bits per heavy atom. The second kappa shape index (κ2) is 3.25. The molecule has 4 heteroatoms. The van der Waals surface area contributed by atoms with Crippen LogP contribution in [0.25, 0.3) is 0 Å². The predicted molar refractivity (Wildman–Crippen MR) is 53.5 cm³/mol. The van der Waals surface area contributed by atoms with E-state index in [1.165, 1.54) is 0 Å². The normalized spacial score (nSPS) is 18.3. The number of hydrogen-bond acceptors (Lipinski definition) is 2. The van der Waals surface area contributed by atoms with Gasteiger partial charge in [-0.25, -0.2) is 4.39 Å². The Morgan fingerprint density at radius 1 is 1.62 bits per heavy atom. The Labute approximate surface area is 84.7 Å². The van der Waals surface area contributed by atoms with Crippen LogP contribution in [0.3, 0.4) is 0 Å². The number of nitrogens with zero attached hydrogens (tertiary/aromatic N) is 1. The van der Waals surface area contributed by atoms with Crippen molar-refractivity contribution in [2.75, 3.05) is 11.9 Å². The Bertz CT molecular complexity index is 312. The zero-order valence-electron chi connectivity index (χ0n) is 7.06. The Kier molecular flexibility index (Phi) is 2.24. The van der Waals surface area contributed by atoms with E-state index in [0.29, 0.717) is 19.4 Å². The zero-order chi connectivity index (χ0) is 9.31. The van der Waals surface area contributed by atoms with E-state index in [1.807, 2.05) is 6.07 Å². The lowest BCUT2D eigenvalue weighted by molar-refractivity contribution is 0.326. The van der Waals surface area contributed by atoms with Gasteiger partial charge in [0.2, 0.25) is 0 Å². The fourth-order valence-corrected chi connectivity index (χ4v) is 1.48. The Morgan fingerprint density at radius 2 is 2.38 bits per heavy atom. The highest BCUT2D eigenvalue weighted by molar-refractivity contribution is 9.10. The van der Waals surface area contributed by atoms with E-state index < -0.39 is 5.67 Å². The third-order valence-electron chi connectivity index (χ3n) is 2.16. The highest BCUT2D eigenvalue weighted by Crippen LogP contribution is 2.39. The van der Waals surface area contributed by atoms with Crippen LogP contribution in [0, 0.1) is 0 Å². The summed E-state index contributed by atoms with van der Waals surface area (Å²) in [4.78, 5) is 3.92. The standard InChI is InChI=1S/C9H10BrFN2/c10-7-5-12-4-1-8(7)13-6-9(11)2-3-9/h1,4-5H,2-3,6H2,(H,12,13). The molecule has 0 amide bonds. The van der Waals surface area contributed by atoms with Crippen LogP contribution in [-0.2, 0) is 0 Å². The molecule has 0 aromatic carbocycles. The fourth-order valence-electron chi connectivity index (χ4n) is 1.08. The first-order valence-electron chi connectivity index (χ1n) is 4.22. The van der Waals surface area contributed by atoms with Gasteiger partial charge in [0.05, 0.1) is 10.2 Å². The number of anilines is 1. The van der Waals surface area contributed by atoms with E-state index in [-0.39, 0.29) is 0 Å². The third-order valence-corrected chi connectivity index (χ3v) is 2.79. The monoisotopic (exact) mass is 244 g/mol. The number of alkyl halides is 1. The van der Waals surface area contributed by atoms with E-state index in [2.05, 4.69) is 26.2 Å². The summed E-state index contributed by atoms with van der Waals surface area (Å²) in [5.74, 6) is 0. The van der Waals surface area contributed by atoms with Crippen LogP contribution in [0.1, 0.15) is 12.8 Å². The van der Waals surface area contributed by atoms with Crippen molar-refractivity contribution in [3.8, 4) is 0 Å². The van der Waals surface area contributed by atoms with Crippen LogP contribution in [0.2, 0.25) is 0 Å². The molecular formula is C9H10BrFN2. The lowest BCUT2D eigenvalue weighted by Gasteiger charge is -2.09. The predicted octanol–water partition coefficient (Wildman–Crippen LogP) is 2.76. The second-order valence-corrected chi connectivity index (χ2v) is 4.21.